The smallest absolute Gasteiger partial charge is 0.337 e. The summed E-state index contributed by atoms with van der Waals surface area (Å²) >= 11 is 0. The van der Waals surface area contributed by atoms with Crippen molar-refractivity contribution in [2.24, 2.45) is 0 Å². The Labute approximate surface area is 100 Å². The molecule has 94 valence electrons. The summed E-state index contributed by atoms with van der Waals surface area (Å²) in [4.78, 5) is 11.0. The van der Waals surface area contributed by atoms with Crippen LogP contribution in [0.4, 0.5) is 11.4 Å². The fourth-order valence-electron chi connectivity index (χ4n) is 1.61. The molecule has 0 aliphatic heterocycles. The first kappa shape index (κ1) is 13.3. The van der Waals surface area contributed by atoms with Gasteiger partial charge in [-0.1, -0.05) is 0 Å². The first-order chi connectivity index (χ1) is 7.95. The average Bonchev–Trinajstić information content (AvgIpc) is 2.23. The molecule has 17 heavy (non-hydrogen) atoms. The van der Waals surface area contributed by atoms with E-state index in [1.807, 2.05) is 6.92 Å². The Hall–Kier alpha value is -1.75. The standard InChI is InChI=1S/C12H18N2O3/c1-7-5-9(14-8(2)3-4-15)6-10(11(7)13)12(16)17/h5-6,8,14-15H,3-4,13H2,1-2H3,(H,16,17). The molecule has 0 fully saturated rings. The monoisotopic (exact) mass is 238 g/mol. The van der Waals surface area contributed by atoms with E-state index in [2.05, 4.69) is 5.32 Å². The van der Waals surface area contributed by atoms with Crippen LogP contribution in [0.15, 0.2) is 12.1 Å². The highest BCUT2D eigenvalue weighted by molar-refractivity contribution is 5.95. The number of aliphatic hydroxyl groups is 1. The lowest BCUT2D eigenvalue weighted by Crippen LogP contribution is -2.17. The molecule has 1 aromatic carbocycles. The van der Waals surface area contributed by atoms with Gasteiger partial charge in [-0.15, -0.1) is 0 Å². The zero-order valence-electron chi connectivity index (χ0n) is 10.0. The van der Waals surface area contributed by atoms with Crippen molar-refractivity contribution in [3.05, 3.63) is 23.3 Å². The lowest BCUT2D eigenvalue weighted by atomic mass is 10.1. The van der Waals surface area contributed by atoms with Crippen LogP contribution in [-0.2, 0) is 0 Å². The van der Waals surface area contributed by atoms with Gasteiger partial charge in [0.1, 0.15) is 0 Å². The van der Waals surface area contributed by atoms with Gasteiger partial charge in [-0.2, -0.15) is 0 Å². The van der Waals surface area contributed by atoms with Crippen LogP contribution in [0.2, 0.25) is 0 Å². The number of carboxylic acids is 1. The second-order valence-electron chi connectivity index (χ2n) is 4.12. The summed E-state index contributed by atoms with van der Waals surface area (Å²) in [6.45, 7) is 3.78. The predicted octanol–water partition coefficient (Wildman–Crippen LogP) is 1.46. The molecule has 0 amide bonds. The molecule has 1 atom stereocenters. The number of anilines is 2. The molecule has 0 saturated heterocycles. The topological polar surface area (TPSA) is 95.6 Å². The Morgan fingerprint density at radius 3 is 2.71 bits per heavy atom. The van der Waals surface area contributed by atoms with Crippen molar-refractivity contribution in [1.29, 1.82) is 0 Å². The number of nitrogen functional groups attached to an aromatic ring is 1. The van der Waals surface area contributed by atoms with E-state index in [1.54, 1.807) is 13.0 Å². The summed E-state index contributed by atoms with van der Waals surface area (Å²) in [6.07, 6.45) is 0.603. The highest BCUT2D eigenvalue weighted by Crippen LogP contribution is 2.23. The first-order valence-corrected chi connectivity index (χ1v) is 5.46. The largest absolute Gasteiger partial charge is 0.478 e. The fraction of sp³-hybridized carbons (Fsp3) is 0.417. The maximum Gasteiger partial charge on any atom is 0.337 e. The Balaban J connectivity index is 2.98. The molecule has 5 heteroatoms. The molecule has 0 spiro atoms. The van der Waals surface area contributed by atoms with Gasteiger partial charge < -0.3 is 21.3 Å². The highest BCUT2D eigenvalue weighted by Gasteiger charge is 2.12. The molecule has 1 rings (SSSR count). The second kappa shape index (κ2) is 5.54. The quantitative estimate of drug-likeness (QED) is 0.582. The predicted molar refractivity (Wildman–Crippen MR) is 67.3 cm³/mol. The number of nitrogens with two attached hydrogens (primary N) is 1. The lowest BCUT2D eigenvalue weighted by Gasteiger charge is -2.16. The minimum absolute atomic E-state index is 0.0738. The van der Waals surface area contributed by atoms with E-state index in [1.165, 1.54) is 6.07 Å². The summed E-state index contributed by atoms with van der Waals surface area (Å²) < 4.78 is 0. The van der Waals surface area contributed by atoms with Crippen LogP contribution in [0.25, 0.3) is 0 Å². The number of hydrogen-bond donors (Lipinski definition) is 4. The van der Waals surface area contributed by atoms with Gasteiger partial charge >= 0.3 is 5.97 Å². The third-order valence-electron chi connectivity index (χ3n) is 2.59. The Kier molecular flexibility index (Phi) is 4.34. The molecule has 1 unspecified atom stereocenters. The van der Waals surface area contributed by atoms with Crippen LogP contribution in [-0.4, -0.2) is 28.8 Å². The van der Waals surface area contributed by atoms with E-state index in [4.69, 9.17) is 15.9 Å². The van der Waals surface area contributed by atoms with E-state index >= 15 is 0 Å². The summed E-state index contributed by atoms with van der Waals surface area (Å²) in [5, 5.41) is 20.9. The van der Waals surface area contributed by atoms with E-state index in [0.717, 1.165) is 5.56 Å². The molecule has 0 aliphatic carbocycles. The summed E-state index contributed by atoms with van der Waals surface area (Å²) in [5.41, 5.74) is 7.51. The molecule has 5 N–H and O–H groups in total. The Bertz CT molecular complexity index is 418. The van der Waals surface area contributed by atoms with Crippen LogP contribution in [0, 0.1) is 6.92 Å². The van der Waals surface area contributed by atoms with Crippen LogP contribution < -0.4 is 11.1 Å². The van der Waals surface area contributed by atoms with Crippen molar-refractivity contribution in [1.82, 2.24) is 0 Å². The zero-order valence-corrected chi connectivity index (χ0v) is 10.0. The third-order valence-corrected chi connectivity index (χ3v) is 2.59. The maximum absolute atomic E-state index is 11.0. The van der Waals surface area contributed by atoms with Crippen molar-refractivity contribution in [3.8, 4) is 0 Å². The Morgan fingerprint density at radius 2 is 2.18 bits per heavy atom. The number of benzene rings is 1. The molecular formula is C12H18N2O3. The van der Waals surface area contributed by atoms with Gasteiger partial charge in [0.15, 0.2) is 0 Å². The molecule has 0 aliphatic rings. The van der Waals surface area contributed by atoms with Crippen molar-refractivity contribution in [2.45, 2.75) is 26.3 Å². The van der Waals surface area contributed by atoms with Crippen molar-refractivity contribution < 1.29 is 15.0 Å². The van der Waals surface area contributed by atoms with E-state index in [0.29, 0.717) is 12.1 Å². The summed E-state index contributed by atoms with van der Waals surface area (Å²) in [7, 11) is 0. The number of aliphatic hydroxyl groups excluding tert-OH is 1. The maximum atomic E-state index is 11.0. The van der Waals surface area contributed by atoms with Gasteiger partial charge in [-0.25, -0.2) is 4.79 Å². The molecule has 0 bridgehead atoms. The molecule has 5 nitrogen and oxygen atoms in total. The van der Waals surface area contributed by atoms with Gasteiger partial charge in [-0.3, -0.25) is 0 Å². The number of carboxylic acid groups (broad SMARTS) is 1. The second-order valence-corrected chi connectivity index (χ2v) is 4.12. The minimum Gasteiger partial charge on any atom is -0.478 e. The van der Waals surface area contributed by atoms with Crippen molar-refractivity contribution >= 4 is 17.3 Å². The number of rotatable bonds is 5. The number of nitrogens with one attached hydrogen (secondary N) is 1. The lowest BCUT2D eigenvalue weighted by molar-refractivity contribution is 0.0698. The number of aromatic carboxylic acids is 1. The van der Waals surface area contributed by atoms with Crippen LogP contribution in [0.3, 0.4) is 0 Å². The molecule has 0 heterocycles. The van der Waals surface area contributed by atoms with E-state index in [9.17, 15) is 4.79 Å². The van der Waals surface area contributed by atoms with E-state index < -0.39 is 5.97 Å². The number of aryl methyl sites for hydroxylation is 1. The van der Waals surface area contributed by atoms with Crippen LogP contribution in [0.5, 0.6) is 0 Å². The van der Waals surface area contributed by atoms with Crippen LogP contribution >= 0.6 is 0 Å². The summed E-state index contributed by atoms with van der Waals surface area (Å²) in [6, 6.07) is 3.39. The van der Waals surface area contributed by atoms with Gasteiger partial charge in [0.25, 0.3) is 0 Å². The normalized spacial score (nSPS) is 12.2. The highest BCUT2D eigenvalue weighted by atomic mass is 16.4. The van der Waals surface area contributed by atoms with Gasteiger partial charge in [0.05, 0.1) is 5.56 Å². The van der Waals surface area contributed by atoms with Crippen molar-refractivity contribution in [2.75, 3.05) is 17.7 Å². The summed E-state index contributed by atoms with van der Waals surface area (Å²) in [5.74, 6) is -1.04. The van der Waals surface area contributed by atoms with Gasteiger partial charge in [0.2, 0.25) is 0 Å². The molecule has 1 aromatic rings. The average molecular weight is 238 g/mol. The third kappa shape index (κ3) is 3.35. The zero-order chi connectivity index (χ0) is 13.0. The fourth-order valence-corrected chi connectivity index (χ4v) is 1.61. The van der Waals surface area contributed by atoms with Crippen LogP contribution in [0.1, 0.15) is 29.3 Å². The van der Waals surface area contributed by atoms with Crippen molar-refractivity contribution in [3.63, 3.8) is 0 Å². The minimum atomic E-state index is -1.04. The molecule has 0 radical (unpaired) electrons. The van der Waals surface area contributed by atoms with E-state index in [-0.39, 0.29) is 23.9 Å². The molecule has 0 saturated carbocycles. The molecule has 0 aromatic heterocycles. The number of carbonyl (C=O) groups is 1. The number of hydrogen-bond acceptors (Lipinski definition) is 4. The first-order valence-electron chi connectivity index (χ1n) is 5.46. The van der Waals surface area contributed by atoms with Gasteiger partial charge in [-0.05, 0) is 38.0 Å². The SMILES string of the molecule is Cc1cc(NC(C)CCO)cc(C(=O)O)c1N. The van der Waals surface area contributed by atoms with Gasteiger partial charge in [0, 0.05) is 24.0 Å². The molecular weight excluding hydrogens is 220 g/mol. The Morgan fingerprint density at radius 1 is 1.53 bits per heavy atom.